The van der Waals surface area contributed by atoms with Crippen LogP contribution in [0.5, 0.6) is 5.75 Å². The van der Waals surface area contributed by atoms with Crippen molar-refractivity contribution < 1.29 is 5.11 Å². The van der Waals surface area contributed by atoms with Crippen molar-refractivity contribution in [2.45, 2.75) is 36.1 Å². The highest BCUT2D eigenvalue weighted by molar-refractivity contribution is 7.98. The number of rotatable bonds is 3. The summed E-state index contributed by atoms with van der Waals surface area (Å²) in [5.74, 6) is 0.639. The molecule has 5 rings (SSSR count). The minimum Gasteiger partial charge on any atom is -0.507 e. The Balaban J connectivity index is 1.75. The van der Waals surface area contributed by atoms with Gasteiger partial charge in [0.15, 0.2) is 0 Å². The highest BCUT2D eigenvalue weighted by atomic mass is 32.2. The van der Waals surface area contributed by atoms with Gasteiger partial charge < -0.3 is 15.8 Å². The van der Waals surface area contributed by atoms with Crippen molar-refractivity contribution in [1.82, 2.24) is 4.98 Å². The highest BCUT2D eigenvalue weighted by Crippen LogP contribution is 2.44. The molecule has 1 saturated carbocycles. The molecule has 0 bridgehead atoms. The standard InChI is InChI=1S/C23H22N2O2S2/c1-28-18-11-17(26)19(20-15-9-10-29-22(15)23(27)25-21(18)20)13-7-5-12(6-8-13)14-3-2-4-16(14)24/h5-11,14,16,26H,2-4,24H2,1H3,(H,25,27). The minimum absolute atomic E-state index is 0.0833. The number of nitrogens with two attached hydrogens (primary N) is 1. The first-order chi connectivity index (χ1) is 14.1. The fourth-order valence-corrected chi connectivity index (χ4v) is 6.03. The number of hydrogen-bond acceptors (Lipinski definition) is 5. The lowest BCUT2D eigenvalue weighted by Gasteiger charge is -2.17. The van der Waals surface area contributed by atoms with E-state index in [0.29, 0.717) is 10.6 Å². The molecule has 0 radical (unpaired) electrons. The summed E-state index contributed by atoms with van der Waals surface area (Å²) in [6.45, 7) is 0. The molecule has 0 spiro atoms. The minimum atomic E-state index is -0.0833. The van der Waals surface area contributed by atoms with Crippen LogP contribution in [-0.4, -0.2) is 22.4 Å². The number of phenols is 1. The van der Waals surface area contributed by atoms with Crippen molar-refractivity contribution in [3.63, 3.8) is 0 Å². The van der Waals surface area contributed by atoms with E-state index in [2.05, 4.69) is 29.2 Å². The van der Waals surface area contributed by atoms with Gasteiger partial charge in [0.25, 0.3) is 5.56 Å². The first-order valence-corrected chi connectivity index (χ1v) is 11.9. The van der Waals surface area contributed by atoms with Gasteiger partial charge in [-0.15, -0.1) is 23.1 Å². The van der Waals surface area contributed by atoms with Gasteiger partial charge in [-0.2, -0.15) is 0 Å². The number of benzene rings is 2. The van der Waals surface area contributed by atoms with Crippen LogP contribution >= 0.6 is 23.1 Å². The van der Waals surface area contributed by atoms with E-state index >= 15 is 0 Å². The molecule has 2 unspecified atom stereocenters. The van der Waals surface area contributed by atoms with Gasteiger partial charge in [-0.05, 0) is 53.7 Å². The Labute approximate surface area is 176 Å². The Kier molecular flexibility index (Phi) is 4.65. The van der Waals surface area contributed by atoms with Crippen molar-refractivity contribution in [1.29, 1.82) is 0 Å². The second-order valence-corrected chi connectivity index (χ2v) is 9.43. The normalized spacial score (nSPS) is 19.4. The molecule has 0 amide bonds. The molecule has 2 atom stereocenters. The lowest BCUT2D eigenvalue weighted by atomic mass is 9.91. The number of hydrogen-bond donors (Lipinski definition) is 3. The number of aromatic hydroxyl groups is 1. The smallest absolute Gasteiger partial charge is 0.266 e. The Bertz CT molecular complexity index is 1270. The summed E-state index contributed by atoms with van der Waals surface area (Å²) < 4.78 is 0.685. The monoisotopic (exact) mass is 422 g/mol. The quantitative estimate of drug-likeness (QED) is 0.385. The molecule has 1 aliphatic rings. The van der Waals surface area contributed by atoms with E-state index in [4.69, 9.17) is 5.73 Å². The van der Waals surface area contributed by atoms with Gasteiger partial charge in [-0.25, -0.2) is 0 Å². The van der Waals surface area contributed by atoms with Gasteiger partial charge in [0.05, 0.1) is 5.52 Å². The van der Waals surface area contributed by atoms with Gasteiger partial charge in [-0.3, -0.25) is 4.79 Å². The zero-order chi connectivity index (χ0) is 20.1. The summed E-state index contributed by atoms with van der Waals surface area (Å²) in [7, 11) is 0. The van der Waals surface area contributed by atoms with Crippen LogP contribution in [0.3, 0.4) is 0 Å². The van der Waals surface area contributed by atoms with Crippen molar-refractivity contribution >= 4 is 44.1 Å². The molecule has 2 aromatic heterocycles. The molecule has 4 aromatic rings. The van der Waals surface area contributed by atoms with E-state index in [1.165, 1.54) is 35.1 Å². The molecule has 1 fully saturated rings. The van der Waals surface area contributed by atoms with E-state index in [-0.39, 0.29) is 17.4 Å². The third-order valence-corrected chi connectivity index (χ3v) is 7.74. The number of phenolic OH excluding ortho intramolecular Hbond substituents is 1. The average Bonchev–Trinajstić information content (AvgIpc) is 3.38. The second kappa shape index (κ2) is 7.20. The van der Waals surface area contributed by atoms with Crippen LogP contribution in [0.2, 0.25) is 0 Å². The van der Waals surface area contributed by atoms with Gasteiger partial charge in [0.1, 0.15) is 10.4 Å². The van der Waals surface area contributed by atoms with Crippen LogP contribution < -0.4 is 11.3 Å². The molecule has 6 heteroatoms. The van der Waals surface area contributed by atoms with Gasteiger partial charge in [-0.1, -0.05) is 30.7 Å². The van der Waals surface area contributed by atoms with Gasteiger partial charge in [0, 0.05) is 27.3 Å². The number of H-pyrrole nitrogens is 1. The SMILES string of the molecule is CSc1cc(O)c(-c2ccc(C3CCCC3N)cc2)c2c1[nH]c(=O)c1sccc12. The second-order valence-electron chi connectivity index (χ2n) is 7.66. The first kappa shape index (κ1) is 18.7. The predicted molar refractivity (Wildman–Crippen MR) is 123 cm³/mol. The van der Waals surface area contributed by atoms with Crippen LogP contribution in [0, 0.1) is 0 Å². The van der Waals surface area contributed by atoms with E-state index < -0.39 is 0 Å². The lowest BCUT2D eigenvalue weighted by molar-refractivity contribution is 0.476. The lowest BCUT2D eigenvalue weighted by Crippen LogP contribution is -2.22. The number of pyridine rings is 1. The summed E-state index contributed by atoms with van der Waals surface area (Å²) in [4.78, 5) is 16.5. The number of thiophene rings is 1. The maximum atomic E-state index is 12.5. The molecule has 4 nitrogen and oxygen atoms in total. The van der Waals surface area contributed by atoms with Crippen LogP contribution in [0.15, 0.2) is 51.5 Å². The van der Waals surface area contributed by atoms with Crippen LogP contribution in [-0.2, 0) is 0 Å². The molecule has 4 N–H and O–H groups in total. The van der Waals surface area contributed by atoms with Crippen molar-refractivity contribution in [2.24, 2.45) is 5.73 Å². The molecule has 1 aliphatic carbocycles. The topological polar surface area (TPSA) is 79.1 Å². The number of thioether (sulfide) groups is 1. The van der Waals surface area contributed by atoms with Crippen LogP contribution in [0.4, 0.5) is 0 Å². The molecular weight excluding hydrogens is 400 g/mol. The molecule has 148 valence electrons. The Morgan fingerprint density at radius 1 is 1.21 bits per heavy atom. The molecule has 0 aliphatic heterocycles. The van der Waals surface area contributed by atoms with E-state index in [0.717, 1.165) is 45.2 Å². The summed E-state index contributed by atoms with van der Waals surface area (Å²) in [5, 5.41) is 14.7. The van der Waals surface area contributed by atoms with Crippen molar-refractivity contribution in [3.05, 3.63) is 57.7 Å². The van der Waals surface area contributed by atoms with Crippen molar-refractivity contribution in [3.8, 4) is 16.9 Å². The highest BCUT2D eigenvalue weighted by Gasteiger charge is 2.25. The maximum Gasteiger partial charge on any atom is 0.266 e. The molecule has 2 heterocycles. The molecule has 29 heavy (non-hydrogen) atoms. The Hall–Kier alpha value is -2.28. The molecule has 2 aromatic carbocycles. The zero-order valence-electron chi connectivity index (χ0n) is 16.1. The van der Waals surface area contributed by atoms with Crippen LogP contribution in [0.1, 0.15) is 30.7 Å². The zero-order valence-corrected chi connectivity index (χ0v) is 17.7. The van der Waals surface area contributed by atoms with Crippen molar-refractivity contribution in [2.75, 3.05) is 6.26 Å². The third kappa shape index (κ3) is 2.98. The number of aromatic amines is 1. The first-order valence-electron chi connectivity index (χ1n) is 9.77. The third-order valence-electron chi connectivity index (χ3n) is 6.07. The molecule has 0 saturated heterocycles. The summed E-state index contributed by atoms with van der Waals surface area (Å²) >= 11 is 2.94. The van der Waals surface area contributed by atoms with Gasteiger partial charge >= 0.3 is 0 Å². The Morgan fingerprint density at radius 2 is 2.00 bits per heavy atom. The van der Waals surface area contributed by atoms with E-state index in [9.17, 15) is 9.90 Å². The van der Waals surface area contributed by atoms with E-state index in [1.54, 1.807) is 6.07 Å². The summed E-state index contributed by atoms with van der Waals surface area (Å²) in [6, 6.07) is 12.3. The number of aromatic nitrogens is 1. The fourth-order valence-electron chi connectivity index (χ4n) is 4.64. The van der Waals surface area contributed by atoms with E-state index in [1.807, 2.05) is 17.7 Å². The molecular formula is C23H22N2O2S2. The van der Waals surface area contributed by atoms with Crippen LogP contribution in [0.25, 0.3) is 32.1 Å². The number of fused-ring (bicyclic) bond motifs is 3. The predicted octanol–water partition coefficient (Wildman–Crippen LogP) is 5.43. The maximum absolute atomic E-state index is 12.5. The summed E-state index contributed by atoms with van der Waals surface area (Å²) in [5.41, 5.74) is 9.94. The number of nitrogens with one attached hydrogen (secondary N) is 1. The summed E-state index contributed by atoms with van der Waals surface area (Å²) in [6.07, 6.45) is 5.34. The average molecular weight is 423 g/mol. The van der Waals surface area contributed by atoms with Gasteiger partial charge in [0.2, 0.25) is 0 Å². The largest absolute Gasteiger partial charge is 0.507 e. The fraction of sp³-hybridized carbons (Fsp3) is 0.261. The Morgan fingerprint density at radius 3 is 2.69 bits per heavy atom.